The lowest BCUT2D eigenvalue weighted by molar-refractivity contribution is 0.819. The average molecular weight is 150 g/mol. The predicted octanol–water partition coefficient (Wildman–Crippen LogP) is 2.10. The molecule has 0 saturated heterocycles. The van der Waals surface area contributed by atoms with Crippen molar-refractivity contribution >= 4 is 5.69 Å². The van der Waals surface area contributed by atoms with E-state index < -0.39 is 0 Å². The van der Waals surface area contributed by atoms with Crippen LogP contribution >= 0.6 is 0 Å². The maximum Gasteiger partial charge on any atom is 0.0661 e. The van der Waals surface area contributed by atoms with Crippen LogP contribution in [0.5, 0.6) is 0 Å². The van der Waals surface area contributed by atoms with Crippen LogP contribution in [-0.2, 0) is 0 Å². The minimum absolute atomic E-state index is 0.412. The fraction of sp³-hybridized carbons (Fsp3) is 0.444. The molecule has 0 atom stereocenters. The Labute approximate surface area is 67.5 Å². The lowest BCUT2D eigenvalue weighted by Crippen LogP contribution is -2.00. The van der Waals surface area contributed by atoms with Crippen molar-refractivity contribution in [3.63, 3.8) is 0 Å². The minimum atomic E-state index is 0.412. The normalized spacial score (nSPS) is 10.5. The third-order valence-corrected chi connectivity index (χ3v) is 1.64. The van der Waals surface area contributed by atoms with Gasteiger partial charge in [-0.2, -0.15) is 0 Å². The van der Waals surface area contributed by atoms with E-state index in [2.05, 4.69) is 18.8 Å². The minimum Gasteiger partial charge on any atom is -0.397 e. The van der Waals surface area contributed by atoms with Crippen molar-refractivity contribution in [3.8, 4) is 0 Å². The zero-order valence-corrected chi connectivity index (χ0v) is 7.26. The van der Waals surface area contributed by atoms with Crippen molar-refractivity contribution in [2.45, 2.75) is 26.7 Å². The van der Waals surface area contributed by atoms with Gasteiger partial charge in [0.05, 0.1) is 11.4 Å². The Bertz CT molecular complexity index is 254. The molecule has 1 rings (SSSR count). The van der Waals surface area contributed by atoms with Crippen molar-refractivity contribution in [1.29, 1.82) is 0 Å². The fourth-order valence-electron chi connectivity index (χ4n) is 1.05. The number of rotatable bonds is 1. The Kier molecular flexibility index (Phi) is 2.13. The molecule has 0 aliphatic rings. The first kappa shape index (κ1) is 8.05. The first-order valence-electron chi connectivity index (χ1n) is 3.84. The van der Waals surface area contributed by atoms with Crippen LogP contribution in [0, 0.1) is 6.92 Å². The third kappa shape index (κ3) is 1.70. The molecule has 60 valence electrons. The summed E-state index contributed by atoms with van der Waals surface area (Å²) in [5.74, 6) is 0.412. The lowest BCUT2D eigenvalue weighted by Gasteiger charge is -2.07. The topological polar surface area (TPSA) is 38.9 Å². The maximum atomic E-state index is 5.73. The van der Waals surface area contributed by atoms with Crippen LogP contribution in [0.3, 0.4) is 0 Å². The summed E-state index contributed by atoms with van der Waals surface area (Å²) in [6.45, 7) is 6.17. The van der Waals surface area contributed by atoms with Crippen LogP contribution in [0.25, 0.3) is 0 Å². The number of nitrogen functional groups attached to an aromatic ring is 1. The van der Waals surface area contributed by atoms with Gasteiger partial charge in [0.1, 0.15) is 0 Å². The van der Waals surface area contributed by atoms with Gasteiger partial charge in [-0.1, -0.05) is 13.8 Å². The van der Waals surface area contributed by atoms with E-state index in [0.717, 1.165) is 17.1 Å². The van der Waals surface area contributed by atoms with Gasteiger partial charge in [0, 0.05) is 5.69 Å². The molecule has 0 radical (unpaired) electrons. The van der Waals surface area contributed by atoms with Crippen LogP contribution in [0.2, 0.25) is 0 Å². The fourth-order valence-corrected chi connectivity index (χ4v) is 1.05. The summed E-state index contributed by atoms with van der Waals surface area (Å²) in [6.07, 6.45) is 0. The monoisotopic (exact) mass is 150 g/mol. The summed E-state index contributed by atoms with van der Waals surface area (Å²) in [7, 11) is 0. The highest BCUT2D eigenvalue weighted by Crippen LogP contribution is 2.18. The first-order valence-corrected chi connectivity index (χ1v) is 3.84. The summed E-state index contributed by atoms with van der Waals surface area (Å²) < 4.78 is 0. The predicted molar refractivity (Wildman–Crippen MR) is 47.5 cm³/mol. The Balaban J connectivity index is 3.13. The second-order valence-electron chi connectivity index (χ2n) is 3.08. The van der Waals surface area contributed by atoms with Gasteiger partial charge >= 0.3 is 0 Å². The molecule has 0 unspecified atom stereocenters. The highest BCUT2D eigenvalue weighted by Gasteiger charge is 2.04. The smallest absolute Gasteiger partial charge is 0.0661 e. The van der Waals surface area contributed by atoms with Gasteiger partial charge in [-0.3, -0.25) is 4.98 Å². The van der Waals surface area contributed by atoms with Gasteiger partial charge in [0.2, 0.25) is 0 Å². The molecular formula is C9H14N2. The Hall–Kier alpha value is -1.05. The van der Waals surface area contributed by atoms with Gasteiger partial charge in [-0.05, 0) is 25.0 Å². The Morgan fingerprint density at radius 2 is 2.00 bits per heavy atom. The van der Waals surface area contributed by atoms with Crippen LogP contribution in [-0.4, -0.2) is 4.98 Å². The summed E-state index contributed by atoms with van der Waals surface area (Å²) in [6, 6.07) is 3.85. The summed E-state index contributed by atoms with van der Waals surface area (Å²) in [5.41, 5.74) is 8.56. The lowest BCUT2D eigenvalue weighted by atomic mass is 10.1. The largest absolute Gasteiger partial charge is 0.397 e. The van der Waals surface area contributed by atoms with Crippen LogP contribution < -0.4 is 5.73 Å². The molecule has 11 heavy (non-hydrogen) atoms. The molecule has 0 bridgehead atoms. The SMILES string of the molecule is Cc1ccc(N)c(C(C)C)n1. The van der Waals surface area contributed by atoms with E-state index in [1.807, 2.05) is 19.1 Å². The summed E-state index contributed by atoms with van der Waals surface area (Å²) >= 11 is 0. The van der Waals surface area contributed by atoms with Gasteiger partial charge in [-0.25, -0.2) is 0 Å². The van der Waals surface area contributed by atoms with E-state index in [0.29, 0.717) is 5.92 Å². The third-order valence-electron chi connectivity index (χ3n) is 1.64. The van der Waals surface area contributed by atoms with E-state index in [1.165, 1.54) is 0 Å². The number of pyridine rings is 1. The number of anilines is 1. The Morgan fingerprint density at radius 3 is 2.45 bits per heavy atom. The number of nitrogens with zero attached hydrogens (tertiary/aromatic N) is 1. The second-order valence-corrected chi connectivity index (χ2v) is 3.08. The van der Waals surface area contributed by atoms with E-state index in [4.69, 9.17) is 5.73 Å². The Morgan fingerprint density at radius 1 is 1.36 bits per heavy atom. The number of hydrogen-bond donors (Lipinski definition) is 1. The number of aryl methyl sites for hydroxylation is 1. The molecule has 0 amide bonds. The molecule has 2 nitrogen and oxygen atoms in total. The highest BCUT2D eigenvalue weighted by molar-refractivity contribution is 5.44. The quantitative estimate of drug-likeness (QED) is 0.665. The van der Waals surface area contributed by atoms with Crippen molar-refractivity contribution < 1.29 is 0 Å². The maximum absolute atomic E-state index is 5.73. The van der Waals surface area contributed by atoms with Gasteiger partial charge in [0.15, 0.2) is 0 Å². The van der Waals surface area contributed by atoms with E-state index in [9.17, 15) is 0 Å². The second kappa shape index (κ2) is 2.91. The van der Waals surface area contributed by atoms with Crippen molar-refractivity contribution in [1.82, 2.24) is 4.98 Å². The molecule has 1 aromatic heterocycles. The van der Waals surface area contributed by atoms with Gasteiger partial charge in [-0.15, -0.1) is 0 Å². The van der Waals surface area contributed by atoms with E-state index >= 15 is 0 Å². The zero-order chi connectivity index (χ0) is 8.43. The van der Waals surface area contributed by atoms with Crippen molar-refractivity contribution in [2.24, 2.45) is 0 Å². The zero-order valence-electron chi connectivity index (χ0n) is 7.26. The molecule has 2 heteroatoms. The average Bonchev–Trinajstić information content (AvgIpc) is 1.94. The van der Waals surface area contributed by atoms with E-state index in [1.54, 1.807) is 0 Å². The van der Waals surface area contributed by atoms with E-state index in [-0.39, 0.29) is 0 Å². The van der Waals surface area contributed by atoms with Crippen LogP contribution in [0.15, 0.2) is 12.1 Å². The number of hydrogen-bond acceptors (Lipinski definition) is 2. The molecule has 0 aliphatic carbocycles. The molecule has 1 aromatic rings. The summed E-state index contributed by atoms with van der Waals surface area (Å²) in [5, 5.41) is 0. The summed E-state index contributed by atoms with van der Waals surface area (Å²) in [4.78, 5) is 4.35. The standard InChI is InChI=1S/C9H14N2/c1-6(2)9-8(10)5-4-7(3)11-9/h4-6H,10H2,1-3H3. The van der Waals surface area contributed by atoms with Gasteiger partial charge in [0.25, 0.3) is 0 Å². The van der Waals surface area contributed by atoms with Crippen LogP contribution in [0.1, 0.15) is 31.2 Å². The molecule has 2 N–H and O–H groups in total. The molecule has 0 spiro atoms. The van der Waals surface area contributed by atoms with Crippen molar-refractivity contribution in [3.05, 3.63) is 23.5 Å². The number of nitrogens with two attached hydrogens (primary N) is 1. The first-order chi connectivity index (χ1) is 5.11. The molecular weight excluding hydrogens is 136 g/mol. The van der Waals surface area contributed by atoms with Crippen molar-refractivity contribution in [2.75, 3.05) is 5.73 Å². The number of aromatic nitrogens is 1. The van der Waals surface area contributed by atoms with Gasteiger partial charge < -0.3 is 5.73 Å². The molecule has 1 heterocycles. The molecule has 0 aromatic carbocycles. The molecule has 0 aliphatic heterocycles. The van der Waals surface area contributed by atoms with Crippen LogP contribution in [0.4, 0.5) is 5.69 Å². The molecule has 0 saturated carbocycles. The molecule has 0 fully saturated rings. The highest BCUT2D eigenvalue weighted by atomic mass is 14.8.